The van der Waals surface area contributed by atoms with Crippen molar-refractivity contribution in [2.75, 3.05) is 0 Å². The fourth-order valence-corrected chi connectivity index (χ4v) is 2.23. The van der Waals surface area contributed by atoms with E-state index in [-0.39, 0.29) is 16.9 Å². The van der Waals surface area contributed by atoms with Crippen LogP contribution in [0.1, 0.15) is 27.9 Å². The van der Waals surface area contributed by atoms with Crippen LogP contribution in [0.4, 0.5) is 0 Å². The monoisotopic (exact) mass is 341 g/mol. The van der Waals surface area contributed by atoms with Gasteiger partial charge in [0.25, 0.3) is 5.91 Å². The first kappa shape index (κ1) is 17.6. The molecule has 2 aromatic rings. The summed E-state index contributed by atoms with van der Waals surface area (Å²) >= 11 is 5.00. The molecule has 0 aliphatic rings. The molecule has 2 rings (SSSR count). The molecule has 0 saturated heterocycles. The van der Waals surface area contributed by atoms with Gasteiger partial charge in [0.1, 0.15) is 0 Å². The van der Waals surface area contributed by atoms with Gasteiger partial charge in [-0.25, -0.2) is 0 Å². The van der Waals surface area contributed by atoms with E-state index in [0.29, 0.717) is 18.4 Å². The van der Waals surface area contributed by atoms with Gasteiger partial charge in [0.05, 0.1) is 0 Å². The second kappa shape index (κ2) is 8.79. The summed E-state index contributed by atoms with van der Waals surface area (Å²) in [5.41, 5.74) is 7.59. The van der Waals surface area contributed by atoms with Crippen molar-refractivity contribution >= 4 is 29.1 Å². The first-order valence-corrected chi connectivity index (χ1v) is 7.96. The third-order valence-corrected chi connectivity index (χ3v) is 3.51. The molecular formula is C18H19N3O2S. The van der Waals surface area contributed by atoms with Crippen molar-refractivity contribution in [3.63, 3.8) is 0 Å². The highest BCUT2D eigenvalue weighted by molar-refractivity contribution is 7.80. The first-order valence-electron chi connectivity index (χ1n) is 7.55. The Balaban J connectivity index is 1.72. The highest BCUT2D eigenvalue weighted by Gasteiger charge is 2.08. The molecule has 0 atom stereocenters. The number of hydrazine groups is 1. The van der Waals surface area contributed by atoms with Crippen molar-refractivity contribution in [3.8, 4) is 0 Å². The lowest BCUT2D eigenvalue weighted by molar-refractivity contribution is -0.121. The summed E-state index contributed by atoms with van der Waals surface area (Å²) in [6.07, 6.45) is 0.961. The number of carbonyl (C=O) groups is 2. The number of hydrogen-bond donors (Lipinski definition) is 3. The second-order valence-corrected chi connectivity index (χ2v) is 5.72. The molecule has 2 aromatic carbocycles. The van der Waals surface area contributed by atoms with Gasteiger partial charge in [0.15, 0.2) is 5.11 Å². The summed E-state index contributed by atoms with van der Waals surface area (Å²) in [5, 5.41) is 2.57. The van der Waals surface area contributed by atoms with Gasteiger partial charge < -0.3 is 0 Å². The number of nitrogens with one attached hydrogen (secondary N) is 3. The van der Waals surface area contributed by atoms with Gasteiger partial charge in [-0.2, -0.15) is 0 Å². The number of hydrogen-bond acceptors (Lipinski definition) is 3. The molecule has 0 aliphatic carbocycles. The molecule has 124 valence electrons. The van der Waals surface area contributed by atoms with Gasteiger partial charge in [0, 0.05) is 12.0 Å². The summed E-state index contributed by atoms with van der Waals surface area (Å²) < 4.78 is 0. The summed E-state index contributed by atoms with van der Waals surface area (Å²) in [7, 11) is 0. The largest absolute Gasteiger partial charge is 0.298 e. The van der Waals surface area contributed by atoms with E-state index in [1.807, 2.05) is 43.3 Å². The van der Waals surface area contributed by atoms with E-state index in [4.69, 9.17) is 12.2 Å². The van der Waals surface area contributed by atoms with E-state index in [2.05, 4.69) is 16.2 Å². The zero-order valence-electron chi connectivity index (χ0n) is 13.3. The molecule has 24 heavy (non-hydrogen) atoms. The highest BCUT2D eigenvalue weighted by atomic mass is 32.1. The van der Waals surface area contributed by atoms with Crippen LogP contribution in [0.5, 0.6) is 0 Å². The Bertz CT molecular complexity index is 732. The molecular weight excluding hydrogens is 322 g/mol. The van der Waals surface area contributed by atoms with Crippen molar-refractivity contribution < 1.29 is 9.59 Å². The van der Waals surface area contributed by atoms with Crippen LogP contribution in [-0.4, -0.2) is 16.9 Å². The predicted octanol–water partition coefficient (Wildman–Crippen LogP) is 2.26. The molecule has 0 unspecified atom stereocenters. The van der Waals surface area contributed by atoms with Gasteiger partial charge in [-0.15, -0.1) is 0 Å². The molecule has 0 aliphatic heterocycles. The van der Waals surface area contributed by atoms with E-state index in [0.717, 1.165) is 11.1 Å². The van der Waals surface area contributed by atoms with Gasteiger partial charge >= 0.3 is 0 Å². The smallest absolute Gasteiger partial charge is 0.257 e. The van der Waals surface area contributed by atoms with Crippen LogP contribution in [0, 0.1) is 6.92 Å². The van der Waals surface area contributed by atoms with Crippen LogP contribution in [-0.2, 0) is 11.2 Å². The predicted molar refractivity (Wildman–Crippen MR) is 97.3 cm³/mol. The van der Waals surface area contributed by atoms with E-state index in [9.17, 15) is 9.59 Å². The van der Waals surface area contributed by atoms with Crippen molar-refractivity contribution in [1.29, 1.82) is 0 Å². The fourth-order valence-electron chi connectivity index (χ4n) is 2.08. The number of rotatable bonds is 4. The lowest BCUT2D eigenvalue weighted by Crippen LogP contribution is -2.48. The standard InChI is InChI=1S/C18H19N3O2S/c1-13-6-5-9-15(12-13)17(23)19-18(24)21-20-16(22)11-10-14-7-3-2-4-8-14/h2-9,12H,10-11H2,1H3,(H,20,22)(H2,19,21,23,24). The zero-order valence-corrected chi connectivity index (χ0v) is 14.2. The molecule has 0 radical (unpaired) electrons. The topological polar surface area (TPSA) is 70.2 Å². The molecule has 2 amide bonds. The zero-order chi connectivity index (χ0) is 17.4. The summed E-state index contributed by atoms with van der Waals surface area (Å²) in [4.78, 5) is 23.8. The molecule has 0 bridgehead atoms. The minimum atomic E-state index is -0.324. The third kappa shape index (κ3) is 5.81. The van der Waals surface area contributed by atoms with Crippen molar-refractivity contribution in [3.05, 3.63) is 71.3 Å². The molecule has 5 nitrogen and oxygen atoms in total. The normalized spacial score (nSPS) is 9.88. The summed E-state index contributed by atoms with van der Waals surface area (Å²) in [6.45, 7) is 1.90. The second-order valence-electron chi connectivity index (χ2n) is 5.31. The maximum absolute atomic E-state index is 12.0. The first-order chi connectivity index (χ1) is 11.5. The minimum Gasteiger partial charge on any atom is -0.298 e. The molecule has 6 heteroatoms. The highest BCUT2D eigenvalue weighted by Crippen LogP contribution is 2.03. The number of carbonyl (C=O) groups excluding carboxylic acids is 2. The van der Waals surface area contributed by atoms with Crippen molar-refractivity contribution in [2.24, 2.45) is 0 Å². The number of benzene rings is 2. The quantitative estimate of drug-likeness (QED) is 0.589. The van der Waals surface area contributed by atoms with Gasteiger partial charge in [0.2, 0.25) is 5.91 Å². The number of amides is 2. The molecule has 0 aromatic heterocycles. The van der Waals surface area contributed by atoms with E-state index >= 15 is 0 Å². The Kier molecular flexibility index (Phi) is 6.45. The van der Waals surface area contributed by atoms with Crippen LogP contribution in [0.3, 0.4) is 0 Å². The summed E-state index contributed by atoms with van der Waals surface area (Å²) in [6, 6.07) is 16.9. The van der Waals surface area contributed by atoms with E-state index < -0.39 is 0 Å². The molecule has 0 saturated carbocycles. The van der Waals surface area contributed by atoms with Gasteiger partial charge in [-0.3, -0.25) is 25.8 Å². The van der Waals surface area contributed by atoms with Crippen LogP contribution in [0.15, 0.2) is 54.6 Å². The number of thiocarbonyl (C=S) groups is 1. The molecule has 0 heterocycles. The Hall–Kier alpha value is -2.73. The lowest BCUT2D eigenvalue weighted by Gasteiger charge is -2.11. The number of aryl methyl sites for hydroxylation is 2. The Morgan fingerprint density at radius 2 is 1.75 bits per heavy atom. The van der Waals surface area contributed by atoms with E-state index in [1.165, 1.54) is 0 Å². The van der Waals surface area contributed by atoms with Crippen LogP contribution in [0.2, 0.25) is 0 Å². The Morgan fingerprint density at radius 3 is 2.46 bits per heavy atom. The van der Waals surface area contributed by atoms with Crippen molar-refractivity contribution in [1.82, 2.24) is 16.2 Å². The fraction of sp³-hybridized carbons (Fsp3) is 0.167. The average Bonchev–Trinajstić information content (AvgIpc) is 2.59. The average molecular weight is 341 g/mol. The minimum absolute atomic E-state index is 0.0505. The van der Waals surface area contributed by atoms with Crippen LogP contribution < -0.4 is 16.2 Å². The molecule has 0 spiro atoms. The Morgan fingerprint density at radius 1 is 1.00 bits per heavy atom. The van der Waals surface area contributed by atoms with E-state index in [1.54, 1.807) is 18.2 Å². The lowest BCUT2D eigenvalue weighted by atomic mass is 10.1. The molecule has 0 fully saturated rings. The Labute approximate surface area is 146 Å². The van der Waals surface area contributed by atoms with Crippen LogP contribution >= 0.6 is 12.2 Å². The maximum Gasteiger partial charge on any atom is 0.257 e. The van der Waals surface area contributed by atoms with Crippen LogP contribution in [0.25, 0.3) is 0 Å². The summed E-state index contributed by atoms with van der Waals surface area (Å²) in [5.74, 6) is -0.527. The van der Waals surface area contributed by atoms with Gasteiger partial charge in [-0.1, -0.05) is 48.0 Å². The van der Waals surface area contributed by atoms with Crippen molar-refractivity contribution in [2.45, 2.75) is 19.8 Å². The maximum atomic E-state index is 12.0. The third-order valence-electron chi connectivity index (χ3n) is 3.31. The SMILES string of the molecule is Cc1cccc(C(=O)NC(=S)NNC(=O)CCc2ccccc2)c1. The molecule has 3 N–H and O–H groups in total. The van der Waals surface area contributed by atoms with Gasteiger partial charge in [-0.05, 0) is 43.3 Å².